The first kappa shape index (κ1) is 30.9. The molecule has 1 saturated carbocycles. The fourth-order valence-electron chi connectivity index (χ4n) is 9.42. The van der Waals surface area contributed by atoms with Gasteiger partial charge in [0.1, 0.15) is 6.54 Å². The van der Waals surface area contributed by atoms with Crippen LogP contribution in [0.2, 0.25) is 0 Å². The van der Waals surface area contributed by atoms with Gasteiger partial charge in [-0.1, -0.05) is 129 Å². The predicted molar refractivity (Wildman–Crippen MR) is 205 cm³/mol. The third-order valence-corrected chi connectivity index (χ3v) is 11.9. The highest BCUT2D eigenvalue weighted by atomic mass is 15.2. The number of fused-ring (bicyclic) bond motifs is 6. The van der Waals surface area contributed by atoms with Crippen LogP contribution in [0, 0.1) is 5.92 Å². The van der Waals surface area contributed by atoms with Crippen LogP contribution in [0.4, 0.5) is 11.4 Å². The Labute approximate surface area is 287 Å². The lowest BCUT2D eigenvalue weighted by Crippen LogP contribution is -2.29. The zero-order valence-corrected chi connectivity index (χ0v) is 29.2. The molecule has 1 aliphatic carbocycles. The third-order valence-electron chi connectivity index (χ3n) is 11.9. The van der Waals surface area contributed by atoms with Crippen LogP contribution in [0.25, 0.3) is 21.5 Å². The fourth-order valence-corrected chi connectivity index (χ4v) is 9.42. The van der Waals surface area contributed by atoms with Gasteiger partial charge >= 0.3 is 0 Å². The molecule has 0 N–H and O–H groups in total. The van der Waals surface area contributed by atoms with Gasteiger partial charge in [0.05, 0.1) is 16.5 Å². The van der Waals surface area contributed by atoms with E-state index in [0.717, 1.165) is 18.9 Å². The minimum absolute atomic E-state index is 0.0875. The van der Waals surface area contributed by atoms with Gasteiger partial charge in [0, 0.05) is 41.6 Å². The highest BCUT2D eigenvalue weighted by Crippen LogP contribution is 2.52. The van der Waals surface area contributed by atoms with Gasteiger partial charge in [-0.3, -0.25) is 0 Å². The summed E-state index contributed by atoms with van der Waals surface area (Å²) in [4.78, 5) is 2.47. The Morgan fingerprint density at radius 1 is 0.750 bits per heavy atom. The summed E-state index contributed by atoms with van der Waals surface area (Å²) in [7, 11) is 2.27. The molecule has 0 amide bonds. The summed E-state index contributed by atoms with van der Waals surface area (Å²) in [6, 6.07) is 38.2. The van der Waals surface area contributed by atoms with E-state index in [0.29, 0.717) is 0 Å². The SMILES string of the molecule is CN1/C(=C/C=C/C2=[N+](CCCC3CCCC3)c3c(ccc4ccccc34)C2(C)C)C(C)(Cc2ccccc2)c2ccc3ccccc3c21. The maximum atomic E-state index is 2.69. The number of hydrogen-bond donors (Lipinski definition) is 0. The Hall–Kier alpha value is -4.43. The first-order chi connectivity index (χ1) is 23.4. The molecule has 3 aliphatic rings. The highest BCUT2D eigenvalue weighted by Gasteiger charge is 2.46. The number of anilines is 1. The Morgan fingerprint density at radius 3 is 2.15 bits per heavy atom. The number of rotatable bonds is 8. The zero-order valence-electron chi connectivity index (χ0n) is 29.2. The van der Waals surface area contributed by atoms with Gasteiger partial charge in [-0.15, -0.1) is 0 Å². The van der Waals surface area contributed by atoms with Crippen molar-refractivity contribution in [3.8, 4) is 0 Å². The molecule has 2 nitrogen and oxygen atoms in total. The predicted octanol–water partition coefficient (Wildman–Crippen LogP) is 11.4. The first-order valence-corrected chi connectivity index (χ1v) is 18.2. The summed E-state index contributed by atoms with van der Waals surface area (Å²) in [6.45, 7) is 8.36. The Morgan fingerprint density at radius 2 is 1.40 bits per heavy atom. The van der Waals surface area contributed by atoms with Gasteiger partial charge in [-0.05, 0) is 73.6 Å². The van der Waals surface area contributed by atoms with E-state index in [1.54, 1.807) is 0 Å². The van der Waals surface area contributed by atoms with Crippen LogP contribution in [0.1, 0.15) is 76.0 Å². The van der Waals surface area contributed by atoms with Crippen molar-refractivity contribution in [2.75, 3.05) is 18.5 Å². The maximum absolute atomic E-state index is 2.69. The molecule has 5 aromatic carbocycles. The highest BCUT2D eigenvalue weighted by molar-refractivity contribution is 6.07. The number of allylic oxidation sites excluding steroid dienone is 4. The second-order valence-electron chi connectivity index (χ2n) is 15.3. The molecule has 1 fully saturated rings. The van der Waals surface area contributed by atoms with Crippen LogP contribution >= 0.6 is 0 Å². The van der Waals surface area contributed by atoms with E-state index in [4.69, 9.17) is 0 Å². The summed E-state index contributed by atoms with van der Waals surface area (Å²) >= 11 is 0. The average Bonchev–Trinajstić information content (AvgIpc) is 3.75. The molecule has 2 heterocycles. The molecule has 0 aromatic heterocycles. The van der Waals surface area contributed by atoms with E-state index in [-0.39, 0.29) is 10.8 Å². The molecular formula is C46H49N2+. The van der Waals surface area contributed by atoms with Gasteiger partial charge in [-0.2, -0.15) is 4.58 Å². The van der Waals surface area contributed by atoms with Crippen LogP contribution in [0.3, 0.4) is 0 Å². The van der Waals surface area contributed by atoms with Crippen LogP contribution in [-0.2, 0) is 17.3 Å². The first-order valence-electron chi connectivity index (χ1n) is 18.2. The lowest BCUT2D eigenvalue weighted by Gasteiger charge is -2.29. The van der Waals surface area contributed by atoms with Crippen LogP contribution in [-0.4, -0.2) is 23.9 Å². The van der Waals surface area contributed by atoms with E-state index in [1.165, 1.54) is 99.5 Å². The molecule has 1 unspecified atom stereocenters. The average molecular weight is 630 g/mol. The van der Waals surface area contributed by atoms with Gasteiger partial charge < -0.3 is 4.90 Å². The number of benzene rings is 5. The van der Waals surface area contributed by atoms with E-state index in [1.807, 2.05) is 0 Å². The van der Waals surface area contributed by atoms with Crippen molar-refractivity contribution in [1.82, 2.24) is 0 Å². The number of likely N-dealkylation sites (N-methyl/N-ethyl adjacent to an activating group) is 1. The van der Waals surface area contributed by atoms with Gasteiger partial charge in [0.25, 0.3) is 0 Å². The Balaban J connectivity index is 1.23. The quantitative estimate of drug-likeness (QED) is 0.155. The van der Waals surface area contributed by atoms with Crippen molar-refractivity contribution in [1.29, 1.82) is 0 Å². The Kier molecular flexibility index (Phi) is 7.86. The lowest BCUT2D eigenvalue weighted by atomic mass is 9.76. The van der Waals surface area contributed by atoms with Gasteiger partial charge in [0.15, 0.2) is 5.71 Å². The molecule has 5 aromatic rings. The summed E-state index contributed by atoms with van der Waals surface area (Å²) in [5.74, 6) is 0.911. The molecule has 2 aliphatic heterocycles. The number of nitrogens with zero attached hydrogens (tertiary/aromatic N) is 2. The standard InChI is InChI=1S/C46H49N2/c1-45(2)39-29-27-36-22-11-13-24-38(36)44(39)48(31-15-20-33-16-8-9-17-33)41(45)25-14-26-42-46(3,32-34-18-6-5-7-19-34)40-30-28-35-21-10-12-23-37(35)43(40)47(42)4/h5-7,10-14,18-19,21-30,33H,8-9,15-17,20,31-32H2,1-4H3/q+1. The second kappa shape index (κ2) is 12.2. The minimum atomic E-state index is -0.157. The topological polar surface area (TPSA) is 6.25 Å². The zero-order chi connectivity index (χ0) is 32.9. The smallest absolute Gasteiger partial charge is 0.217 e. The molecule has 0 bridgehead atoms. The van der Waals surface area contributed by atoms with E-state index in [9.17, 15) is 0 Å². The van der Waals surface area contributed by atoms with Crippen LogP contribution in [0.5, 0.6) is 0 Å². The summed E-state index contributed by atoms with van der Waals surface area (Å²) < 4.78 is 2.69. The van der Waals surface area contributed by atoms with Gasteiger partial charge in [0.2, 0.25) is 5.69 Å². The molecule has 8 rings (SSSR count). The normalized spacial score (nSPS) is 21.3. The third kappa shape index (κ3) is 5.12. The van der Waals surface area contributed by atoms with E-state index >= 15 is 0 Å². The van der Waals surface area contributed by atoms with Crippen molar-refractivity contribution in [3.63, 3.8) is 0 Å². The minimum Gasteiger partial charge on any atom is -0.347 e. The molecule has 242 valence electrons. The Bertz CT molecular complexity index is 2090. The van der Waals surface area contributed by atoms with Crippen molar-refractivity contribution < 1.29 is 4.58 Å². The van der Waals surface area contributed by atoms with Crippen molar-refractivity contribution >= 4 is 38.6 Å². The molecule has 2 heteroatoms. The van der Waals surface area contributed by atoms with E-state index < -0.39 is 0 Å². The monoisotopic (exact) mass is 629 g/mol. The summed E-state index contributed by atoms with van der Waals surface area (Å²) in [6.07, 6.45) is 16.4. The number of hydrogen-bond acceptors (Lipinski definition) is 1. The van der Waals surface area contributed by atoms with Gasteiger partial charge in [-0.25, -0.2) is 0 Å². The molecule has 0 radical (unpaired) electrons. The molecular weight excluding hydrogens is 581 g/mol. The molecule has 48 heavy (non-hydrogen) atoms. The maximum Gasteiger partial charge on any atom is 0.217 e. The summed E-state index contributed by atoms with van der Waals surface area (Å²) in [5.41, 5.74) is 9.49. The van der Waals surface area contributed by atoms with Crippen molar-refractivity contribution in [2.24, 2.45) is 5.92 Å². The van der Waals surface area contributed by atoms with Crippen molar-refractivity contribution in [3.05, 3.63) is 144 Å². The largest absolute Gasteiger partial charge is 0.347 e. The summed E-state index contributed by atoms with van der Waals surface area (Å²) in [5, 5.41) is 5.32. The lowest BCUT2D eigenvalue weighted by molar-refractivity contribution is -0.437. The van der Waals surface area contributed by atoms with E-state index in [2.05, 4.69) is 159 Å². The molecule has 0 spiro atoms. The fraction of sp³-hybridized carbons (Fsp3) is 0.326. The van der Waals surface area contributed by atoms with Crippen molar-refractivity contribution in [2.45, 2.75) is 76.5 Å². The van der Waals surface area contributed by atoms with Crippen LogP contribution < -0.4 is 4.90 Å². The molecule has 1 atom stereocenters. The van der Waals surface area contributed by atoms with Crippen LogP contribution in [0.15, 0.2) is 127 Å². The molecule has 0 saturated heterocycles. The second-order valence-corrected chi connectivity index (χ2v) is 15.3.